The van der Waals surface area contributed by atoms with E-state index in [2.05, 4.69) is 15.9 Å². The van der Waals surface area contributed by atoms with Crippen molar-refractivity contribution in [1.82, 2.24) is 4.90 Å². The largest absolute Gasteiger partial charge is 0.398 e. The van der Waals surface area contributed by atoms with Crippen molar-refractivity contribution < 1.29 is 4.79 Å². The number of carbonyl (C=O) groups excluding carboxylic acids is 1. The number of anilines is 1. The standard InChI is InChI=1S/C16H15BrN2O/c17-13-6-4-11(5-7-13)16(20)19-9-8-14-12(10-19)2-1-3-15(14)18/h1-7H,8-10,18H2. The van der Waals surface area contributed by atoms with Crippen LogP contribution in [0.15, 0.2) is 46.9 Å². The monoisotopic (exact) mass is 330 g/mol. The third kappa shape index (κ3) is 2.43. The van der Waals surface area contributed by atoms with Crippen LogP contribution in [0.2, 0.25) is 0 Å². The molecule has 0 fully saturated rings. The van der Waals surface area contributed by atoms with Gasteiger partial charge >= 0.3 is 0 Å². The first-order valence-corrected chi connectivity index (χ1v) is 7.35. The van der Waals surface area contributed by atoms with Crippen LogP contribution in [0.5, 0.6) is 0 Å². The summed E-state index contributed by atoms with van der Waals surface area (Å²) in [5.41, 5.74) is 9.88. The number of benzene rings is 2. The number of halogens is 1. The predicted molar refractivity (Wildman–Crippen MR) is 83.4 cm³/mol. The van der Waals surface area contributed by atoms with E-state index in [0.717, 1.165) is 34.3 Å². The van der Waals surface area contributed by atoms with Gasteiger partial charge in [-0.3, -0.25) is 4.79 Å². The molecular formula is C16H15BrN2O. The molecule has 0 bridgehead atoms. The summed E-state index contributed by atoms with van der Waals surface area (Å²) in [7, 11) is 0. The first-order chi connectivity index (χ1) is 9.65. The molecule has 0 atom stereocenters. The number of nitrogens with two attached hydrogens (primary N) is 1. The summed E-state index contributed by atoms with van der Waals surface area (Å²) in [6.07, 6.45) is 0.824. The number of nitrogen functional groups attached to an aromatic ring is 1. The average molecular weight is 331 g/mol. The molecule has 20 heavy (non-hydrogen) atoms. The molecule has 0 radical (unpaired) electrons. The maximum Gasteiger partial charge on any atom is 0.254 e. The van der Waals surface area contributed by atoms with E-state index in [1.807, 2.05) is 47.4 Å². The van der Waals surface area contributed by atoms with Crippen molar-refractivity contribution >= 4 is 27.5 Å². The van der Waals surface area contributed by atoms with Gasteiger partial charge in [0.1, 0.15) is 0 Å². The van der Waals surface area contributed by atoms with Crippen molar-refractivity contribution in [2.24, 2.45) is 0 Å². The van der Waals surface area contributed by atoms with E-state index < -0.39 is 0 Å². The van der Waals surface area contributed by atoms with Crippen molar-refractivity contribution in [1.29, 1.82) is 0 Å². The highest BCUT2D eigenvalue weighted by atomic mass is 79.9. The topological polar surface area (TPSA) is 46.3 Å². The summed E-state index contributed by atoms with van der Waals surface area (Å²) in [6.45, 7) is 1.35. The van der Waals surface area contributed by atoms with E-state index in [1.54, 1.807) is 0 Å². The first kappa shape index (κ1) is 13.2. The van der Waals surface area contributed by atoms with Gasteiger partial charge in [-0.25, -0.2) is 0 Å². The van der Waals surface area contributed by atoms with Crippen LogP contribution in [0.4, 0.5) is 5.69 Å². The third-order valence-electron chi connectivity index (χ3n) is 3.68. The minimum Gasteiger partial charge on any atom is -0.398 e. The molecule has 0 spiro atoms. The van der Waals surface area contributed by atoms with Gasteiger partial charge in [-0.05, 0) is 47.9 Å². The zero-order valence-electron chi connectivity index (χ0n) is 11.0. The summed E-state index contributed by atoms with van der Waals surface area (Å²) >= 11 is 3.38. The fourth-order valence-corrected chi connectivity index (χ4v) is 2.85. The van der Waals surface area contributed by atoms with Crippen molar-refractivity contribution in [3.05, 3.63) is 63.6 Å². The second-order valence-corrected chi connectivity index (χ2v) is 5.88. The van der Waals surface area contributed by atoms with Gasteiger partial charge in [0.05, 0.1) is 0 Å². The molecule has 0 saturated heterocycles. The molecule has 0 saturated carbocycles. The second-order valence-electron chi connectivity index (χ2n) is 4.97. The van der Waals surface area contributed by atoms with E-state index in [4.69, 9.17) is 5.73 Å². The third-order valence-corrected chi connectivity index (χ3v) is 4.21. The molecule has 1 aliphatic rings. The van der Waals surface area contributed by atoms with Gasteiger partial charge in [0.15, 0.2) is 0 Å². The molecule has 2 aromatic rings. The van der Waals surface area contributed by atoms with Crippen LogP contribution in [0.1, 0.15) is 21.5 Å². The van der Waals surface area contributed by atoms with Crippen LogP contribution in [-0.4, -0.2) is 17.4 Å². The van der Waals surface area contributed by atoms with E-state index in [9.17, 15) is 4.79 Å². The Hall–Kier alpha value is -1.81. The van der Waals surface area contributed by atoms with Crippen molar-refractivity contribution in [3.63, 3.8) is 0 Å². The highest BCUT2D eigenvalue weighted by Crippen LogP contribution is 2.25. The molecule has 4 heteroatoms. The van der Waals surface area contributed by atoms with Gasteiger partial charge in [-0.1, -0.05) is 28.1 Å². The lowest BCUT2D eigenvalue weighted by molar-refractivity contribution is 0.0735. The predicted octanol–water partition coefficient (Wildman–Crippen LogP) is 3.23. The van der Waals surface area contributed by atoms with Crippen LogP contribution in [-0.2, 0) is 13.0 Å². The SMILES string of the molecule is Nc1cccc2c1CCN(C(=O)c1ccc(Br)cc1)C2. The van der Waals surface area contributed by atoms with Crippen LogP contribution in [0.25, 0.3) is 0 Å². The molecule has 0 aliphatic carbocycles. The summed E-state index contributed by atoms with van der Waals surface area (Å²) < 4.78 is 0.978. The van der Waals surface area contributed by atoms with Crippen LogP contribution in [0, 0.1) is 0 Å². The summed E-state index contributed by atoms with van der Waals surface area (Å²) in [5.74, 6) is 0.0746. The van der Waals surface area contributed by atoms with Gasteiger partial charge in [0.25, 0.3) is 5.91 Å². The number of nitrogens with zero attached hydrogens (tertiary/aromatic N) is 1. The van der Waals surface area contributed by atoms with Crippen LogP contribution in [0.3, 0.4) is 0 Å². The molecule has 2 aromatic carbocycles. The Morgan fingerprint density at radius 2 is 1.90 bits per heavy atom. The number of hydrogen-bond acceptors (Lipinski definition) is 2. The molecule has 0 aromatic heterocycles. The lowest BCUT2D eigenvalue weighted by Gasteiger charge is -2.29. The molecule has 2 N–H and O–H groups in total. The quantitative estimate of drug-likeness (QED) is 0.816. The summed E-state index contributed by atoms with van der Waals surface area (Å²) in [4.78, 5) is 14.4. The number of carbonyl (C=O) groups is 1. The molecule has 1 aliphatic heterocycles. The lowest BCUT2D eigenvalue weighted by Crippen LogP contribution is -2.36. The van der Waals surface area contributed by atoms with Crippen molar-refractivity contribution in [2.45, 2.75) is 13.0 Å². The Balaban J connectivity index is 1.83. The smallest absolute Gasteiger partial charge is 0.254 e. The Kier molecular flexibility index (Phi) is 3.49. The van der Waals surface area contributed by atoms with Gasteiger partial charge < -0.3 is 10.6 Å². The molecular weight excluding hydrogens is 316 g/mol. The average Bonchev–Trinajstić information content (AvgIpc) is 2.47. The Morgan fingerprint density at radius 1 is 1.15 bits per heavy atom. The zero-order valence-corrected chi connectivity index (χ0v) is 12.6. The van der Waals surface area contributed by atoms with Crippen molar-refractivity contribution in [3.8, 4) is 0 Å². The molecule has 1 heterocycles. The fraction of sp³-hybridized carbons (Fsp3) is 0.188. The van der Waals surface area contributed by atoms with Crippen LogP contribution < -0.4 is 5.73 Å². The van der Waals surface area contributed by atoms with E-state index in [-0.39, 0.29) is 5.91 Å². The molecule has 3 rings (SSSR count). The Bertz CT molecular complexity index is 652. The van der Waals surface area contributed by atoms with Gasteiger partial charge in [-0.2, -0.15) is 0 Å². The zero-order chi connectivity index (χ0) is 14.1. The minimum absolute atomic E-state index is 0.0746. The molecule has 1 amide bonds. The second kappa shape index (κ2) is 5.29. The van der Waals surface area contributed by atoms with Crippen molar-refractivity contribution in [2.75, 3.05) is 12.3 Å². The maximum atomic E-state index is 12.5. The van der Waals surface area contributed by atoms with Gasteiger partial charge in [-0.15, -0.1) is 0 Å². The normalized spacial score (nSPS) is 13.9. The number of fused-ring (bicyclic) bond motifs is 1. The maximum absolute atomic E-state index is 12.5. The number of rotatable bonds is 1. The Labute approximate surface area is 126 Å². The first-order valence-electron chi connectivity index (χ1n) is 6.56. The summed E-state index contributed by atoms with van der Waals surface area (Å²) in [6, 6.07) is 13.4. The summed E-state index contributed by atoms with van der Waals surface area (Å²) in [5, 5.41) is 0. The molecule has 0 unspecified atom stereocenters. The highest BCUT2D eigenvalue weighted by molar-refractivity contribution is 9.10. The van der Waals surface area contributed by atoms with Gasteiger partial charge in [0, 0.05) is 28.8 Å². The van der Waals surface area contributed by atoms with E-state index in [1.165, 1.54) is 5.56 Å². The highest BCUT2D eigenvalue weighted by Gasteiger charge is 2.22. The molecule has 102 valence electrons. The van der Waals surface area contributed by atoms with E-state index >= 15 is 0 Å². The van der Waals surface area contributed by atoms with Crippen LogP contribution >= 0.6 is 15.9 Å². The fourth-order valence-electron chi connectivity index (χ4n) is 2.59. The van der Waals surface area contributed by atoms with Gasteiger partial charge in [0.2, 0.25) is 0 Å². The van der Waals surface area contributed by atoms with E-state index in [0.29, 0.717) is 6.54 Å². The number of hydrogen-bond donors (Lipinski definition) is 1. The molecule has 3 nitrogen and oxygen atoms in total. The minimum atomic E-state index is 0.0746. The Morgan fingerprint density at radius 3 is 2.65 bits per heavy atom. The number of amides is 1. The lowest BCUT2D eigenvalue weighted by atomic mass is 9.97.